The normalized spacial score (nSPS) is 13.5. The molecule has 0 aromatic heterocycles. The molecule has 0 radical (unpaired) electrons. The zero-order valence-corrected chi connectivity index (χ0v) is 12.3. The molecule has 1 amide bonds. The van der Waals surface area contributed by atoms with E-state index in [2.05, 4.69) is 5.32 Å². The third-order valence-corrected chi connectivity index (χ3v) is 3.47. The number of amides is 1. The summed E-state index contributed by atoms with van der Waals surface area (Å²) in [5.41, 5.74) is 0.739. The second kappa shape index (κ2) is 7.35. The molecule has 0 fully saturated rings. The molecule has 3 N–H and O–H groups in total. The summed E-state index contributed by atoms with van der Waals surface area (Å²) in [7, 11) is 0. The molecule has 0 saturated heterocycles. The van der Waals surface area contributed by atoms with Crippen molar-refractivity contribution in [2.24, 2.45) is 0 Å². The Balaban J connectivity index is 1.94. The second-order valence-corrected chi connectivity index (χ2v) is 5.15. The highest BCUT2D eigenvalue weighted by atomic mass is 35.5. The Morgan fingerprint density at radius 1 is 1.14 bits per heavy atom. The van der Waals surface area contributed by atoms with E-state index in [1.54, 1.807) is 30.3 Å². The van der Waals surface area contributed by atoms with Crippen LogP contribution in [0.25, 0.3) is 0 Å². The molecule has 2 atom stereocenters. The van der Waals surface area contributed by atoms with Crippen LogP contribution < -0.4 is 5.32 Å². The maximum Gasteiger partial charge on any atom is 0.253 e. The molecular formula is C16H15ClFNO3. The first-order valence-electron chi connectivity index (χ1n) is 6.63. The van der Waals surface area contributed by atoms with Gasteiger partial charge < -0.3 is 15.5 Å². The standard InChI is InChI=1S/C16H15ClFNO3/c17-12-7-6-11(8-13(12)18)14(20)9-19-16(22)15(21)10-4-2-1-3-5-10/h1-8,14-15,20-21H,9H2,(H,19,22)/t14?,15-/m0/s1. The highest BCUT2D eigenvalue weighted by Gasteiger charge is 2.18. The topological polar surface area (TPSA) is 69.6 Å². The molecule has 0 aliphatic heterocycles. The molecule has 2 aromatic rings. The van der Waals surface area contributed by atoms with Crippen molar-refractivity contribution in [2.45, 2.75) is 12.2 Å². The van der Waals surface area contributed by atoms with E-state index >= 15 is 0 Å². The van der Waals surface area contributed by atoms with Gasteiger partial charge in [0.15, 0.2) is 6.10 Å². The molecule has 0 bridgehead atoms. The number of aliphatic hydroxyl groups excluding tert-OH is 2. The number of carbonyl (C=O) groups excluding carboxylic acids is 1. The summed E-state index contributed by atoms with van der Waals surface area (Å²) in [4.78, 5) is 11.8. The van der Waals surface area contributed by atoms with Crippen LogP contribution in [0, 0.1) is 5.82 Å². The van der Waals surface area contributed by atoms with Crippen LogP contribution in [0.15, 0.2) is 48.5 Å². The van der Waals surface area contributed by atoms with Gasteiger partial charge in [-0.3, -0.25) is 4.79 Å². The molecule has 1 unspecified atom stereocenters. The van der Waals surface area contributed by atoms with Crippen LogP contribution in [0.1, 0.15) is 23.3 Å². The Morgan fingerprint density at radius 2 is 1.82 bits per heavy atom. The molecule has 4 nitrogen and oxygen atoms in total. The number of nitrogens with one attached hydrogen (secondary N) is 1. The Morgan fingerprint density at radius 3 is 2.45 bits per heavy atom. The molecule has 0 saturated carbocycles. The zero-order chi connectivity index (χ0) is 16.1. The lowest BCUT2D eigenvalue weighted by Gasteiger charge is -2.15. The quantitative estimate of drug-likeness (QED) is 0.791. The smallest absolute Gasteiger partial charge is 0.253 e. The summed E-state index contributed by atoms with van der Waals surface area (Å²) < 4.78 is 13.3. The van der Waals surface area contributed by atoms with Gasteiger partial charge in [-0.25, -0.2) is 4.39 Å². The highest BCUT2D eigenvalue weighted by molar-refractivity contribution is 6.30. The van der Waals surface area contributed by atoms with Gasteiger partial charge >= 0.3 is 0 Å². The van der Waals surface area contributed by atoms with E-state index < -0.39 is 23.9 Å². The highest BCUT2D eigenvalue weighted by Crippen LogP contribution is 2.20. The van der Waals surface area contributed by atoms with Gasteiger partial charge in [-0.1, -0.05) is 48.0 Å². The first kappa shape index (κ1) is 16.4. The van der Waals surface area contributed by atoms with Gasteiger partial charge in [0.2, 0.25) is 0 Å². The number of hydrogen-bond acceptors (Lipinski definition) is 3. The van der Waals surface area contributed by atoms with E-state index in [4.69, 9.17) is 11.6 Å². The van der Waals surface area contributed by atoms with E-state index in [1.165, 1.54) is 12.1 Å². The molecular weight excluding hydrogens is 309 g/mol. The molecule has 0 aliphatic carbocycles. The largest absolute Gasteiger partial charge is 0.387 e. The van der Waals surface area contributed by atoms with Crippen molar-refractivity contribution >= 4 is 17.5 Å². The lowest BCUT2D eigenvalue weighted by Crippen LogP contribution is -2.32. The number of rotatable bonds is 5. The first-order chi connectivity index (χ1) is 10.5. The monoisotopic (exact) mass is 323 g/mol. The number of aliphatic hydroxyl groups is 2. The van der Waals surface area contributed by atoms with E-state index in [9.17, 15) is 19.4 Å². The molecule has 2 rings (SSSR count). The number of halogens is 2. The lowest BCUT2D eigenvalue weighted by atomic mass is 10.1. The van der Waals surface area contributed by atoms with E-state index in [-0.39, 0.29) is 17.1 Å². The van der Waals surface area contributed by atoms with Gasteiger partial charge in [0, 0.05) is 6.54 Å². The van der Waals surface area contributed by atoms with Gasteiger partial charge in [-0.05, 0) is 23.3 Å². The van der Waals surface area contributed by atoms with Crippen LogP contribution in [0.2, 0.25) is 5.02 Å². The minimum atomic E-state index is -1.32. The molecule has 6 heteroatoms. The third kappa shape index (κ3) is 4.04. The Hall–Kier alpha value is -1.95. The fourth-order valence-corrected chi connectivity index (χ4v) is 2.04. The van der Waals surface area contributed by atoms with E-state index in [1.807, 2.05) is 0 Å². The second-order valence-electron chi connectivity index (χ2n) is 4.75. The fourth-order valence-electron chi connectivity index (χ4n) is 1.92. The lowest BCUT2D eigenvalue weighted by molar-refractivity contribution is -0.130. The molecule has 116 valence electrons. The van der Waals surface area contributed by atoms with Crippen molar-refractivity contribution in [3.8, 4) is 0 Å². The third-order valence-electron chi connectivity index (χ3n) is 3.16. The minimum absolute atomic E-state index is 0.0421. The summed E-state index contributed by atoms with van der Waals surface area (Å²) in [6.45, 7) is -0.149. The summed E-state index contributed by atoms with van der Waals surface area (Å²) in [6, 6.07) is 12.3. The number of hydrogen-bond donors (Lipinski definition) is 3. The van der Waals surface area contributed by atoms with Crippen LogP contribution in [0.3, 0.4) is 0 Å². The van der Waals surface area contributed by atoms with Crippen molar-refractivity contribution in [3.63, 3.8) is 0 Å². The van der Waals surface area contributed by atoms with E-state index in [0.717, 1.165) is 6.07 Å². The van der Waals surface area contributed by atoms with Gasteiger partial charge in [0.05, 0.1) is 11.1 Å². The average molecular weight is 324 g/mol. The van der Waals surface area contributed by atoms with Crippen LogP contribution in [-0.4, -0.2) is 22.7 Å². The molecule has 0 heterocycles. The predicted octanol–water partition coefficient (Wildman–Crippen LogP) is 2.36. The summed E-state index contributed by atoms with van der Waals surface area (Å²) >= 11 is 5.56. The van der Waals surface area contributed by atoms with Crippen molar-refractivity contribution in [3.05, 3.63) is 70.5 Å². The Kier molecular flexibility index (Phi) is 5.49. The molecule has 22 heavy (non-hydrogen) atoms. The van der Waals surface area contributed by atoms with Gasteiger partial charge in [0.25, 0.3) is 5.91 Å². The van der Waals surface area contributed by atoms with Crippen molar-refractivity contribution < 1.29 is 19.4 Å². The van der Waals surface area contributed by atoms with Crippen molar-refractivity contribution in [2.75, 3.05) is 6.54 Å². The molecule has 0 spiro atoms. The van der Waals surface area contributed by atoms with Crippen LogP contribution in [-0.2, 0) is 4.79 Å². The Bertz CT molecular complexity index is 651. The molecule has 2 aromatic carbocycles. The van der Waals surface area contributed by atoms with Gasteiger partial charge in [-0.15, -0.1) is 0 Å². The fraction of sp³-hybridized carbons (Fsp3) is 0.188. The predicted molar refractivity (Wildman–Crippen MR) is 80.8 cm³/mol. The van der Waals surface area contributed by atoms with Crippen molar-refractivity contribution in [1.29, 1.82) is 0 Å². The minimum Gasteiger partial charge on any atom is -0.387 e. The van der Waals surface area contributed by atoms with Gasteiger partial charge in [0.1, 0.15) is 5.82 Å². The number of benzene rings is 2. The van der Waals surface area contributed by atoms with E-state index in [0.29, 0.717) is 5.56 Å². The SMILES string of the molecule is O=C(NCC(O)c1ccc(Cl)c(F)c1)[C@@H](O)c1ccccc1. The summed E-state index contributed by atoms with van der Waals surface area (Å²) in [5, 5.41) is 22.2. The zero-order valence-electron chi connectivity index (χ0n) is 11.5. The van der Waals surface area contributed by atoms with Crippen LogP contribution >= 0.6 is 11.6 Å². The molecule has 0 aliphatic rings. The Labute approximate surface area is 132 Å². The average Bonchev–Trinajstić information content (AvgIpc) is 2.54. The maximum absolute atomic E-state index is 13.3. The van der Waals surface area contributed by atoms with Gasteiger partial charge in [-0.2, -0.15) is 0 Å². The maximum atomic E-state index is 13.3. The number of carbonyl (C=O) groups is 1. The van der Waals surface area contributed by atoms with Crippen molar-refractivity contribution in [1.82, 2.24) is 5.32 Å². The summed E-state index contributed by atoms with van der Waals surface area (Å²) in [5.74, 6) is -1.28. The van der Waals surface area contributed by atoms with Crippen LogP contribution in [0.5, 0.6) is 0 Å². The summed E-state index contributed by atoms with van der Waals surface area (Å²) in [6.07, 6.45) is -2.42. The first-order valence-corrected chi connectivity index (χ1v) is 7.00. The van der Waals surface area contributed by atoms with Crippen LogP contribution in [0.4, 0.5) is 4.39 Å².